The molecule has 1 heterocycles. The predicted octanol–water partition coefficient (Wildman–Crippen LogP) is 3.95. The molecule has 0 bridgehead atoms. The second-order valence-corrected chi connectivity index (χ2v) is 5.34. The SMILES string of the molecule is CCCCCCCC(=O)C1CCc2occc2C1=O. The van der Waals surface area contributed by atoms with E-state index in [-0.39, 0.29) is 11.6 Å². The van der Waals surface area contributed by atoms with Gasteiger partial charge in [0, 0.05) is 12.8 Å². The number of hydrogen-bond donors (Lipinski definition) is 0. The zero-order chi connectivity index (χ0) is 13.7. The fourth-order valence-corrected chi connectivity index (χ4v) is 2.73. The molecule has 1 aromatic rings. The Hall–Kier alpha value is -1.38. The molecule has 104 valence electrons. The maximum Gasteiger partial charge on any atom is 0.176 e. The van der Waals surface area contributed by atoms with Crippen molar-refractivity contribution in [3.63, 3.8) is 0 Å². The van der Waals surface area contributed by atoms with Gasteiger partial charge in [0.1, 0.15) is 11.5 Å². The molecule has 1 aliphatic carbocycles. The van der Waals surface area contributed by atoms with Crippen LogP contribution >= 0.6 is 0 Å². The quantitative estimate of drug-likeness (QED) is 0.552. The van der Waals surface area contributed by atoms with Gasteiger partial charge in [-0.3, -0.25) is 9.59 Å². The van der Waals surface area contributed by atoms with Gasteiger partial charge in [0.2, 0.25) is 0 Å². The van der Waals surface area contributed by atoms with Crippen molar-refractivity contribution in [2.24, 2.45) is 5.92 Å². The van der Waals surface area contributed by atoms with Gasteiger partial charge in [-0.25, -0.2) is 0 Å². The maximum atomic E-state index is 12.2. The number of carbonyl (C=O) groups is 2. The average molecular weight is 262 g/mol. The van der Waals surface area contributed by atoms with Gasteiger partial charge in [-0.2, -0.15) is 0 Å². The largest absolute Gasteiger partial charge is 0.469 e. The Morgan fingerprint density at radius 1 is 1.32 bits per heavy atom. The van der Waals surface area contributed by atoms with E-state index in [1.165, 1.54) is 19.3 Å². The van der Waals surface area contributed by atoms with Crippen LogP contribution in [0.1, 0.15) is 68.0 Å². The summed E-state index contributed by atoms with van der Waals surface area (Å²) in [5, 5.41) is 0. The monoisotopic (exact) mass is 262 g/mol. The number of unbranched alkanes of at least 4 members (excludes halogenated alkanes) is 4. The molecule has 3 nitrogen and oxygen atoms in total. The van der Waals surface area contributed by atoms with Crippen LogP contribution in [0.25, 0.3) is 0 Å². The highest BCUT2D eigenvalue weighted by Crippen LogP contribution is 2.28. The Kier molecular flexibility index (Phi) is 4.94. The number of furan rings is 1. The van der Waals surface area contributed by atoms with Crippen LogP contribution in [0.15, 0.2) is 16.7 Å². The van der Waals surface area contributed by atoms with Crippen LogP contribution in [0.5, 0.6) is 0 Å². The van der Waals surface area contributed by atoms with Gasteiger partial charge in [0.15, 0.2) is 5.78 Å². The minimum atomic E-state index is -0.420. The third kappa shape index (κ3) is 3.34. The summed E-state index contributed by atoms with van der Waals surface area (Å²) in [5.74, 6) is 0.412. The van der Waals surface area contributed by atoms with Crippen molar-refractivity contribution in [2.45, 2.75) is 58.3 Å². The second kappa shape index (κ2) is 6.69. The number of hydrogen-bond acceptors (Lipinski definition) is 3. The van der Waals surface area contributed by atoms with Crippen LogP contribution in [0.4, 0.5) is 0 Å². The molecule has 0 saturated heterocycles. The third-order valence-corrected chi connectivity index (χ3v) is 3.90. The molecule has 0 radical (unpaired) electrons. The molecule has 0 amide bonds. The summed E-state index contributed by atoms with van der Waals surface area (Å²) < 4.78 is 5.25. The topological polar surface area (TPSA) is 47.3 Å². The van der Waals surface area contributed by atoms with E-state index in [9.17, 15) is 9.59 Å². The summed E-state index contributed by atoms with van der Waals surface area (Å²) in [5.41, 5.74) is 0.621. The van der Waals surface area contributed by atoms with Crippen molar-refractivity contribution in [2.75, 3.05) is 0 Å². The summed E-state index contributed by atoms with van der Waals surface area (Å²) in [4.78, 5) is 24.3. The van der Waals surface area contributed by atoms with Gasteiger partial charge in [-0.1, -0.05) is 32.6 Å². The molecule has 1 aliphatic rings. The third-order valence-electron chi connectivity index (χ3n) is 3.90. The second-order valence-electron chi connectivity index (χ2n) is 5.34. The van der Waals surface area contributed by atoms with Crippen molar-refractivity contribution >= 4 is 11.6 Å². The molecule has 0 saturated carbocycles. The van der Waals surface area contributed by atoms with Gasteiger partial charge in [0.05, 0.1) is 17.7 Å². The normalized spacial score (nSPS) is 18.4. The minimum Gasteiger partial charge on any atom is -0.469 e. The van der Waals surface area contributed by atoms with Crippen LogP contribution in [0.3, 0.4) is 0 Å². The molecule has 3 heteroatoms. The summed E-state index contributed by atoms with van der Waals surface area (Å²) in [6.45, 7) is 2.17. The summed E-state index contributed by atoms with van der Waals surface area (Å²) in [6.07, 6.45) is 9.06. The Morgan fingerprint density at radius 2 is 2.11 bits per heavy atom. The fourth-order valence-electron chi connectivity index (χ4n) is 2.73. The van der Waals surface area contributed by atoms with Crippen LogP contribution in [-0.2, 0) is 11.2 Å². The van der Waals surface area contributed by atoms with Crippen molar-refractivity contribution in [1.29, 1.82) is 0 Å². The molecular formula is C16H22O3. The zero-order valence-corrected chi connectivity index (χ0v) is 11.6. The smallest absolute Gasteiger partial charge is 0.176 e. The van der Waals surface area contributed by atoms with E-state index in [0.717, 1.165) is 18.6 Å². The number of rotatable bonds is 7. The highest BCUT2D eigenvalue weighted by Gasteiger charge is 2.33. The van der Waals surface area contributed by atoms with Gasteiger partial charge in [0.25, 0.3) is 0 Å². The van der Waals surface area contributed by atoms with Crippen LogP contribution in [0, 0.1) is 5.92 Å². The lowest BCUT2D eigenvalue weighted by molar-refractivity contribution is -0.121. The van der Waals surface area contributed by atoms with Crippen molar-refractivity contribution in [3.05, 3.63) is 23.7 Å². The highest BCUT2D eigenvalue weighted by molar-refractivity contribution is 6.11. The van der Waals surface area contributed by atoms with E-state index in [2.05, 4.69) is 6.92 Å². The average Bonchev–Trinajstić information content (AvgIpc) is 2.88. The van der Waals surface area contributed by atoms with Gasteiger partial charge < -0.3 is 4.42 Å². The fraction of sp³-hybridized carbons (Fsp3) is 0.625. The first kappa shape index (κ1) is 14.0. The summed E-state index contributed by atoms with van der Waals surface area (Å²) >= 11 is 0. The lowest BCUT2D eigenvalue weighted by Crippen LogP contribution is -2.28. The summed E-state index contributed by atoms with van der Waals surface area (Å²) in [6, 6.07) is 1.69. The molecule has 1 unspecified atom stereocenters. The van der Waals surface area contributed by atoms with Gasteiger partial charge >= 0.3 is 0 Å². The molecule has 0 aliphatic heterocycles. The van der Waals surface area contributed by atoms with E-state index >= 15 is 0 Å². The van der Waals surface area contributed by atoms with Crippen molar-refractivity contribution in [1.82, 2.24) is 0 Å². The van der Waals surface area contributed by atoms with E-state index < -0.39 is 5.92 Å². The van der Waals surface area contributed by atoms with Crippen molar-refractivity contribution in [3.8, 4) is 0 Å². The molecule has 19 heavy (non-hydrogen) atoms. The number of fused-ring (bicyclic) bond motifs is 1. The number of aryl methyl sites for hydroxylation is 1. The lowest BCUT2D eigenvalue weighted by Gasteiger charge is -2.18. The van der Waals surface area contributed by atoms with E-state index in [4.69, 9.17) is 4.42 Å². The zero-order valence-electron chi connectivity index (χ0n) is 11.6. The molecule has 0 spiro atoms. The Balaban J connectivity index is 1.82. The van der Waals surface area contributed by atoms with E-state index in [0.29, 0.717) is 24.8 Å². The Bertz CT molecular complexity index is 445. The number of carbonyl (C=O) groups excluding carboxylic acids is 2. The lowest BCUT2D eigenvalue weighted by atomic mass is 9.82. The first-order chi connectivity index (χ1) is 9.24. The van der Waals surface area contributed by atoms with Gasteiger partial charge in [-0.15, -0.1) is 0 Å². The summed E-state index contributed by atoms with van der Waals surface area (Å²) in [7, 11) is 0. The Labute approximate surface area is 114 Å². The first-order valence-corrected chi connectivity index (χ1v) is 7.37. The minimum absolute atomic E-state index is 0.0337. The predicted molar refractivity (Wildman–Crippen MR) is 73.2 cm³/mol. The molecule has 1 aromatic heterocycles. The number of ketones is 2. The molecule has 1 atom stereocenters. The van der Waals surface area contributed by atoms with Gasteiger partial charge in [-0.05, 0) is 18.9 Å². The molecular weight excluding hydrogens is 240 g/mol. The molecule has 2 rings (SSSR count). The Morgan fingerprint density at radius 3 is 2.89 bits per heavy atom. The number of Topliss-reactive ketones (excluding diaryl/α,β-unsaturated/α-hetero) is 2. The van der Waals surface area contributed by atoms with Crippen molar-refractivity contribution < 1.29 is 14.0 Å². The van der Waals surface area contributed by atoms with E-state index in [1.807, 2.05) is 0 Å². The molecule has 0 fully saturated rings. The van der Waals surface area contributed by atoms with Crippen LogP contribution in [-0.4, -0.2) is 11.6 Å². The molecule has 0 aromatic carbocycles. The van der Waals surface area contributed by atoms with Crippen LogP contribution in [0.2, 0.25) is 0 Å². The standard InChI is InChI=1S/C16H22O3/c1-2-3-4-5-6-7-14(17)12-8-9-15-13(16(12)18)10-11-19-15/h10-12H,2-9H2,1H3. The molecule has 0 N–H and O–H groups in total. The maximum absolute atomic E-state index is 12.2. The highest BCUT2D eigenvalue weighted by atomic mass is 16.3. The van der Waals surface area contributed by atoms with Crippen LogP contribution < -0.4 is 0 Å². The van der Waals surface area contributed by atoms with E-state index in [1.54, 1.807) is 12.3 Å². The first-order valence-electron chi connectivity index (χ1n) is 7.37.